The highest BCUT2D eigenvalue weighted by Gasteiger charge is 2.24. The predicted molar refractivity (Wildman–Crippen MR) is 76.3 cm³/mol. The van der Waals surface area contributed by atoms with Crippen molar-refractivity contribution < 1.29 is 4.92 Å². The maximum absolute atomic E-state index is 10.9. The largest absolute Gasteiger partial charge is 0.351 e. The molecule has 0 amide bonds. The van der Waals surface area contributed by atoms with Crippen molar-refractivity contribution in [1.29, 1.82) is 0 Å². The summed E-state index contributed by atoms with van der Waals surface area (Å²) >= 11 is 0. The Morgan fingerprint density at radius 2 is 2.19 bits per heavy atom. The van der Waals surface area contributed by atoms with Gasteiger partial charge in [0.15, 0.2) is 5.65 Å². The molecule has 8 heteroatoms. The van der Waals surface area contributed by atoms with Crippen molar-refractivity contribution in [2.75, 3.05) is 5.32 Å². The molecular formula is C13H12N6O2. The lowest BCUT2D eigenvalue weighted by Gasteiger charge is -2.07. The Kier molecular flexibility index (Phi) is 2.35. The van der Waals surface area contributed by atoms with Gasteiger partial charge in [0.1, 0.15) is 5.82 Å². The lowest BCUT2D eigenvalue weighted by Crippen LogP contribution is -2.09. The van der Waals surface area contributed by atoms with Gasteiger partial charge >= 0.3 is 0 Å². The maximum atomic E-state index is 10.9. The van der Waals surface area contributed by atoms with Gasteiger partial charge in [-0.25, -0.2) is 9.97 Å². The number of hydrogen-bond acceptors (Lipinski definition) is 6. The summed E-state index contributed by atoms with van der Waals surface area (Å²) in [6.45, 7) is 1.79. The normalized spacial score (nSPS) is 14.7. The zero-order valence-electron chi connectivity index (χ0n) is 11.3. The number of aromatic nitrogens is 4. The fraction of sp³-hybridized carbons (Fsp3) is 0.308. The zero-order valence-corrected chi connectivity index (χ0v) is 11.3. The number of anilines is 1. The van der Waals surface area contributed by atoms with E-state index in [-0.39, 0.29) is 5.69 Å². The van der Waals surface area contributed by atoms with Gasteiger partial charge in [0, 0.05) is 18.2 Å². The second-order valence-corrected chi connectivity index (χ2v) is 5.21. The minimum atomic E-state index is -0.421. The van der Waals surface area contributed by atoms with E-state index < -0.39 is 4.92 Å². The third-order valence-corrected chi connectivity index (χ3v) is 3.48. The topological polar surface area (TPSA) is 98.2 Å². The molecule has 8 nitrogen and oxygen atoms in total. The van der Waals surface area contributed by atoms with Crippen molar-refractivity contribution in [2.24, 2.45) is 0 Å². The minimum absolute atomic E-state index is 0.0229. The number of nitrogens with zero attached hydrogens (tertiary/aromatic N) is 5. The summed E-state index contributed by atoms with van der Waals surface area (Å²) in [5, 5.41) is 19.2. The molecule has 4 rings (SSSR count). The first kappa shape index (κ1) is 12.0. The van der Waals surface area contributed by atoms with Crippen LogP contribution >= 0.6 is 0 Å². The fourth-order valence-corrected chi connectivity index (χ4v) is 2.32. The molecule has 0 radical (unpaired) electrons. The Balaban J connectivity index is 2.02. The first-order valence-electron chi connectivity index (χ1n) is 6.70. The zero-order chi connectivity index (χ0) is 14.6. The fourth-order valence-electron chi connectivity index (χ4n) is 2.32. The van der Waals surface area contributed by atoms with Crippen LogP contribution in [0.2, 0.25) is 0 Å². The van der Waals surface area contributed by atoms with Crippen molar-refractivity contribution in [3.05, 3.63) is 34.1 Å². The number of non-ortho nitro benzene ring substituents is 1. The molecule has 1 saturated carbocycles. The number of nitro benzene ring substituents is 1. The third-order valence-electron chi connectivity index (χ3n) is 3.48. The van der Waals surface area contributed by atoms with Gasteiger partial charge < -0.3 is 5.32 Å². The molecule has 1 aromatic carbocycles. The molecule has 0 unspecified atom stereocenters. The Hall–Kier alpha value is -2.77. The van der Waals surface area contributed by atoms with Crippen molar-refractivity contribution in [3.8, 4) is 0 Å². The van der Waals surface area contributed by atoms with E-state index in [0.29, 0.717) is 34.4 Å². The van der Waals surface area contributed by atoms with Gasteiger partial charge in [0.2, 0.25) is 5.95 Å². The summed E-state index contributed by atoms with van der Waals surface area (Å²) in [4.78, 5) is 19.4. The number of rotatable bonds is 3. The summed E-state index contributed by atoms with van der Waals surface area (Å²) in [5.74, 6) is 1.24. The van der Waals surface area contributed by atoms with Gasteiger partial charge in [-0.3, -0.25) is 10.1 Å². The molecule has 2 heterocycles. The second kappa shape index (κ2) is 4.11. The number of aryl methyl sites for hydroxylation is 1. The van der Waals surface area contributed by atoms with Crippen LogP contribution in [0.15, 0.2) is 18.2 Å². The van der Waals surface area contributed by atoms with E-state index in [1.165, 1.54) is 12.1 Å². The Labute approximate surface area is 119 Å². The third kappa shape index (κ3) is 1.95. The Morgan fingerprint density at radius 1 is 1.38 bits per heavy atom. The lowest BCUT2D eigenvalue weighted by molar-refractivity contribution is -0.384. The number of benzene rings is 1. The van der Waals surface area contributed by atoms with Crippen LogP contribution in [0.3, 0.4) is 0 Å². The van der Waals surface area contributed by atoms with E-state index in [4.69, 9.17) is 0 Å². The van der Waals surface area contributed by atoms with Crippen molar-refractivity contribution in [1.82, 2.24) is 19.6 Å². The van der Waals surface area contributed by atoms with E-state index in [1.54, 1.807) is 17.5 Å². The summed E-state index contributed by atoms with van der Waals surface area (Å²) in [6, 6.07) is 5.03. The monoisotopic (exact) mass is 284 g/mol. The SMILES string of the molecule is Cc1nc2c3cc([N+](=O)[O-])ccc3nc(NC3CC3)n2n1. The molecule has 0 aliphatic heterocycles. The summed E-state index contributed by atoms with van der Waals surface area (Å²) in [5.41, 5.74) is 1.28. The smallest absolute Gasteiger partial charge is 0.270 e. The molecule has 1 N–H and O–H groups in total. The van der Waals surface area contributed by atoms with Crippen LogP contribution in [0.4, 0.5) is 11.6 Å². The van der Waals surface area contributed by atoms with Crippen molar-refractivity contribution in [2.45, 2.75) is 25.8 Å². The van der Waals surface area contributed by atoms with Gasteiger partial charge in [0.05, 0.1) is 15.8 Å². The maximum Gasteiger partial charge on any atom is 0.270 e. The van der Waals surface area contributed by atoms with Gasteiger partial charge in [-0.15, -0.1) is 5.10 Å². The highest BCUT2D eigenvalue weighted by atomic mass is 16.6. The average molecular weight is 284 g/mol. The molecule has 1 aliphatic carbocycles. The number of nitro groups is 1. The highest BCUT2D eigenvalue weighted by Crippen LogP contribution is 2.28. The molecule has 0 spiro atoms. The van der Waals surface area contributed by atoms with E-state index in [2.05, 4.69) is 20.4 Å². The lowest BCUT2D eigenvalue weighted by atomic mass is 10.2. The van der Waals surface area contributed by atoms with Crippen molar-refractivity contribution >= 4 is 28.2 Å². The standard InChI is InChI=1S/C13H12N6O2/c1-7-14-12-10-6-9(19(20)21)4-5-11(10)16-13(18(12)17-7)15-8-2-3-8/h4-6,8H,2-3H2,1H3,(H,15,16). The van der Waals surface area contributed by atoms with Crippen LogP contribution < -0.4 is 5.32 Å². The second-order valence-electron chi connectivity index (χ2n) is 5.21. The Bertz CT molecular complexity index is 883. The molecule has 0 bridgehead atoms. The van der Waals surface area contributed by atoms with Crippen LogP contribution in [0.1, 0.15) is 18.7 Å². The molecule has 106 valence electrons. The van der Waals surface area contributed by atoms with E-state index in [9.17, 15) is 10.1 Å². The number of nitrogens with one attached hydrogen (secondary N) is 1. The molecule has 1 aliphatic rings. The van der Waals surface area contributed by atoms with Crippen LogP contribution in [-0.2, 0) is 0 Å². The molecule has 1 fully saturated rings. The predicted octanol–water partition coefficient (Wildman–Crippen LogP) is 2.07. The molecule has 3 aromatic rings. The summed E-state index contributed by atoms with van der Waals surface area (Å²) in [7, 11) is 0. The first-order valence-corrected chi connectivity index (χ1v) is 6.70. The van der Waals surface area contributed by atoms with Crippen LogP contribution in [-0.4, -0.2) is 30.5 Å². The Morgan fingerprint density at radius 3 is 2.90 bits per heavy atom. The minimum Gasteiger partial charge on any atom is -0.351 e. The van der Waals surface area contributed by atoms with Crippen LogP contribution in [0.5, 0.6) is 0 Å². The van der Waals surface area contributed by atoms with E-state index in [0.717, 1.165) is 12.8 Å². The van der Waals surface area contributed by atoms with Crippen molar-refractivity contribution in [3.63, 3.8) is 0 Å². The number of hydrogen-bond donors (Lipinski definition) is 1. The van der Waals surface area contributed by atoms with Crippen LogP contribution in [0, 0.1) is 17.0 Å². The van der Waals surface area contributed by atoms with Gasteiger partial charge in [-0.2, -0.15) is 4.52 Å². The highest BCUT2D eigenvalue weighted by molar-refractivity contribution is 5.93. The summed E-state index contributed by atoms with van der Waals surface area (Å²) < 4.78 is 1.62. The molecular weight excluding hydrogens is 272 g/mol. The number of fused-ring (bicyclic) bond motifs is 3. The van der Waals surface area contributed by atoms with E-state index in [1.807, 2.05) is 0 Å². The first-order chi connectivity index (χ1) is 10.1. The molecule has 21 heavy (non-hydrogen) atoms. The molecule has 0 atom stereocenters. The average Bonchev–Trinajstić information content (AvgIpc) is 3.17. The van der Waals surface area contributed by atoms with E-state index >= 15 is 0 Å². The molecule has 2 aromatic heterocycles. The quantitative estimate of drug-likeness (QED) is 0.584. The molecule has 0 saturated heterocycles. The van der Waals surface area contributed by atoms with Gasteiger partial charge in [0.25, 0.3) is 5.69 Å². The van der Waals surface area contributed by atoms with Crippen LogP contribution in [0.25, 0.3) is 16.6 Å². The van der Waals surface area contributed by atoms with Gasteiger partial charge in [-0.1, -0.05) is 0 Å². The van der Waals surface area contributed by atoms with Gasteiger partial charge in [-0.05, 0) is 25.8 Å². The summed E-state index contributed by atoms with van der Waals surface area (Å²) in [6.07, 6.45) is 2.24.